The Kier molecular flexibility index (Phi) is 4.15. The molecule has 0 aliphatic carbocycles. The van der Waals surface area contributed by atoms with Crippen LogP contribution in [0.25, 0.3) is 5.57 Å². The molecule has 1 heteroatoms. The molecule has 0 radical (unpaired) electrons. The molecular formula is C13H15Br. The predicted molar refractivity (Wildman–Crippen MR) is 67.5 cm³/mol. The molecule has 0 heterocycles. The molecule has 1 rings (SSSR count). The second-order valence-electron chi connectivity index (χ2n) is 3.23. The van der Waals surface area contributed by atoms with Crippen LogP contribution < -0.4 is 0 Å². The minimum absolute atomic E-state index is 1.06. The van der Waals surface area contributed by atoms with Crippen LogP contribution in [-0.4, -0.2) is 0 Å². The summed E-state index contributed by atoms with van der Waals surface area (Å²) in [6, 6.07) is 8.64. The molecule has 0 aliphatic rings. The quantitative estimate of drug-likeness (QED) is 0.691. The minimum Gasteiger partial charge on any atom is -0.0979 e. The molecule has 0 nitrogen and oxygen atoms in total. The highest BCUT2D eigenvalue weighted by atomic mass is 79.9. The van der Waals surface area contributed by atoms with Crippen molar-refractivity contribution in [1.29, 1.82) is 0 Å². The molecule has 0 aliphatic heterocycles. The Balaban J connectivity index is 3.03. The zero-order valence-corrected chi connectivity index (χ0v) is 10.3. The van der Waals surface area contributed by atoms with Gasteiger partial charge in [-0.25, -0.2) is 0 Å². The van der Waals surface area contributed by atoms with E-state index in [-0.39, 0.29) is 0 Å². The monoisotopic (exact) mass is 250 g/mol. The van der Waals surface area contributed by atoms with Crippen LogP contribution in [0.3, 0.4) is 0 Å². The summed E-state index contributed by atoms with van der Waals surface area (Å²) in [6.07, 6.45) is 2.91. The van der Waals surface area contributed by atoms with E-state index in [1.807, 2.05) is 6.08 Å². The maximum atomic E-state index is 3.74. The van der Waals surface area contributed by atoms with Crippen molar-refractivity contribution in [2.45, 2.75) is 20.3 Å². The molecule has 0 saturated carbocycles. The van der Waals surface area contributed by atoms with E-state index in [2.05, 4.69) is 60.6 Å². The normalized spacial score (nSPS) is 12.2. The SMILES string of the molecule is C=C/C(Br)=C(\C)c1ccc(CC)cc1. The van der Waals surface area contributed by atoms with Crippen LogP contribution in [0.2, 0.25) is 0 Å². The van der Waals surface area contributed by atoms with Gasteiger partial charge in [0, 0.05) is 4.48 Å². The van der Waals surface area contributed by atoms with Crippen molar-refractivity contribution in [3.05, 3.63) is 52.5 Å². The summed E-state index contributed by atoms with van der Waals surface area (Å²) in [5.41, 5.74) is 3.84. The summed E-state index contributed by atoms with van der Waals surface area (Å²) in [4.78, 5) is 0. The highest BCUT2D eigenvalue weighted by molar-refractivity contribution is 9.12. The maximum Gasteiger partial charge on any atom is 0.0204 e. The van der Waals surface area contributed by atoms with Gasteiger partial charge in [-0.05, 0) is 30.0 Å². The minimum atomic E-state index is 1.06. The predicted octanol–water partition coefficient (Wildman–Crippen LogP) is 4.56. The van der Waals surface area contributed by atoms with Gasteiger partial charge in [0.2, 0.25) is 0 Å². The fraction of sp³-hybridized carbons (Fsp3) is 0.231. The molecule has 0 aromatic heterocycles. The van der Waals surface area contributed by atoms with E-state index in [0.717, 1.165) is 10.9 Å². The molecule has 0 saturated heterocycles. The average molecular weight is 251 g/mol. The van der Waals surface area contributed by atoms with Crippen LogP contribution in [0.15, 0.2) is 41.4 Å². The van der Waals surface area contributed by atoms with Crippen LogP contribution in [-0.2, 0) is 6.42 Å². The molecule has 0 N–H and O–H groups in total. The second kappa shape index (κ2) is 5.16. The first-order valence-corrected chi connectivity index (χ1v) is 5.56. The number of allylic oxidation sites excluding steroid dienone is 3. The zero-order chi connectivity index (χ0) is 10.6. The summed E-state index contributed by atoms with van der Waals surface area (Å²) < 4.78 is 1.06. The van der Waals surface area contributed by atoms with Crippen molar-refractivity contribution in [3.63, 3.8) is 0 Å². The molecule has 0 atom stereocenters. The van der Waals surface area contributed by atoms with Crippen molar-refractivity contribution in [2.24, 2.45) is 0 Å². The van der Waals surface area contributed by atoms with Crippen LogP contribution in [0.4, 0.5) is 0 Å². The Morgan fingerprint density at radius 1 is 1.36 bits per heavy atom. The van der Waals surface area contributed by atoms with Crippen molar-refractivity contribution in [3.8, 4) is 0 Å². The number of hydrogen-bond donors (Lipinski definition) is 0. The molecule has 1 aromatic rings. The Bertz CT molecular complexity index is 344. The van der Waals surface area contributed by atoms with E-state index >= 15 is 0 Å². The van der Waals surface area contributed by atoms with Gasteiger partial charge in [-0.15, -0.1) is 0 Å². The fourth-order valence-corrected chi connectivity index (χ4v) is 1.51. The number of halogens is 1. The van der Waals surface area contributed by atoms with Gasteiger partial charge in [-0.2, -0.15) is 0 Å². The highest BCUT2D eigenvalue weighted by Gasteiger charge is 1.98. The lowest BCUT2D eigenvalue weighted by atomic mass is 10.0. The maximum absolute atomic E-state index is 3.74. The smallest absolute Gasteiger partial charge is 0.0204 e. The van der Waals surface area contributed by atoms with Crippen molar-refractivity contribution in [1.82, 2.24) is 0 Å². The topological polar surface area (TPSA) is 0 Å². The molecular weight excluding hydrogens is 236 g/mol. The molecule has 0 unspecified atom stereocenters. The van der Waals surface area contributed by atoms with Crippen LogP contribution in [0.1, 0.15) is 25.0 Å². The summed E-state index contributed by atoms with van der Waals surface area (Å²) in [5.74, 6) is 0. The summed E-state index contributed by atoms with van der Waals surface area (Å²) in [5, 5.41) is 0. The number of benzene rings is 1. The average Bonchev–Trinajstić information content (AvgIpc) is 2.27. The third-order valence-corrected chi connectivity index (χ3v) is 3.25. The van der Waals surface area contributed by atoms with Crippen molar-refractivity contribution >= 4 is 21.5 Å². The largest absolute Gasteiger partial charge is 0.0979 e. The third-order valence-electron chi connectivity index (χ3n) is 2.33. The Morgan fingerprint density at radius 2 is 1.93 bits per heavy atom. The number of aryl methyl sites for hydroxylation is 1. The molecule has 0 amide bonds. The zero-order valence-electron chi connectivity index (χ0n) is 8.68. The van der Waals surface area contributed by atoms with Gasteiger partial charge in [0.05, 0.1) is 0 Å². The molecule has 74 valence electrons. The van der Waals surface area contributed by atoms with Gasteiger partial charge in [0.1, 0.15) is 0 Å². The van der Waals surface area contributed by atoms with Gasteiger partial charge in [-0.3, -0.25) is 0 Å². The lowest BCUT2D eigenvalue weighted by molar-refractivity contribution is 1.14. The van der Waals surface area contributed by atoms with E-state index in [4.69, 9.17) is 0 Å². The molecule has 1 aromatic carbocycles. The highest BCUT2D eigenvalue weighted by Crippen LogP contribution is 2.23. The first kappa shape index (κ1) is 11.3. The van der Waals surface area contributed by atoms with E-state index in [0.29, 0.717) is 0 Å². The molecule has 14 heavy (non-hydrogen) atoms. The first-order chi connectivity index (χ1) is 6.69. The molecule has 0 fully saturated rings. The first-order valence-electron chi connectivity index (χ1n) is 4.77. The summed E-state index contributed by atoms with van der Waals surface area (Å²) >= 11 is 3.48. The Morgan fingerprint density at radius 3 is 2.36 bits per heavy atom. The van der Waals surface area contributed by atoms with Gasteiger partial charge < -0.3 is 0 Å². The van der Waals surface area contributed by atoms with Gasteiger partial charge in [0.15, 0.2) is 0 Å². The van der Waals surface area contributed by atoms with Gasteiger partial charge >= 0.3 is 0 Å². The van der Waals surface area contributed by atoms with Crippen molar-refractivity contribution in [2.75, 3.05) is 0 Å². The Labute approximate surface area is 94.5 Å². The van der Waals surface area contributed by atoms with Crippen LogP contribution >= 0.6 is 15.9 Å². The van der Waals surface area contributed by atoms with Crippen molar-refractivity contribution < 1.29 is 0 Å². The third kappa shape index (κ3) is 2.58. The van der Waals surface area contributed by atoms with Crippen LogP contribution in [0.5, 0.6) is 0 Å². The lowest BCUT2D eigenvalue weighted by Crippen LogP contribution is -1.84. The van der Waals surface area contributed by atoms with Gasteiger partial charge in [0.25, 0.3) is 0 Å². The fourth-order valence-electron chi connectivity index (χ4n) is 1.28. The van der Waals surface area contributed by atoms with E-state index in [1.54, 1.807) is 0 Å². The van der Waals surface area contributed by atoms with Crippen LogP contribution in [0, 0.1) is 0 Å². The molecule has 0 spiro atoms. The van der Waals surface area contributed by atoms with E-state index in [1.165, 1.54) is 16.7 Å². The van der Waals surface area contributed by atoms with Gasteiger partial charge in [-0.1, -0.05) is 59.8 Å². The lowest BCUT2D eigenvalue weighted by Gasteiger charge is -2.04. The summed E-state index contributed by atoms with van der Waals surface area (Å²) in [7, 11) is 0. The number of hydrogen-bond acceptors (Lipinski definition) is 0. The molecule has 0 bridgehead atoms. The van der Waals surface area contributed by atoms with E-state index in [9.17, 15) is 0 Å². The number of rotatable bonds is 3. The standard InChI is InChI=1S/C13H15Br/c1-4-11-6-8-12(9-7-11)10(3)13(14)5-2/h5-9H,2,4H2,1,3H3/b13-10-. The second-order valence-corrected chi connectivity index (χ2v) is 4.08. The Hall–Kier alpha value is -0.820. The van der Waals surface area contributed by atoms with E-state index < -0.39 is 0 Å². The summed E-state index contributed by atoms with van der Waals surface area (Å²) in [6.45, 7) is 7.99.